The second-order valence-corrected chi connectivity index (χ2v) is 15.8. The van der Waals surface area contributed by atoms with E-state index in [1.165, 1.54) is 6.92 Å². The quantitative estimate of drug-likeness (QED) is 0.423. The van der Waals surface area contributed by atoms with E-state index in [1.807, 2.05) is 24.3 Å². The molecule has 2 aromatic rings. The van der Waals surface area contributed by atoms with E-state index in [0.717, 1.165) is 36.5 Å². The fraction of sp³-hybridized carbons (Fsp3) is 0.529. The van der Waals surface area contributed by atoms with Gasteiger partial charge in [0.05, 0.1) is 36.1 Å². The van der Waals surface area contributed by atoms with E-state index >= 15 is 4.39 Å². The Bertz CT molecular complexity index is 1710. The summed E-state index contributed by atoms with van der Waals surface area (Å²) in [6.45, 7) is 4.50. The van der Waals surface area contributed by atoms with Gasteiger partial charge in [-0.3, -0.25) is 4.79 Å². The molecule has 9 nitrogen and oxygen atoms in total. The molecule has 0 radical (unpaired) electrons. The summed E-state index contributed by atoms with van der Waals surface area (Å²) in [5.74, 6) is -2.16. The highest BCUT2D eigenvalue weighted by Crippen LogP contribution is 2.46. The molecule has 6 atom stereocenters. The first-order valence-electron chi connectivity index (χ1n) is 15.8. The molecule has 0 aromatic heterocycles. The number of amides is 1. The van der Waals surface area contributed by atoms with Crippen molar-refractivity contribution in [2.24, 2.45) is 11.8 Å². The number of aryl methyl sites for hydroxylation is 1. The zero-order chi connectivity index (χ0) is 32.9. The minimum atomic E-state index is -4.15. The van der Waals surface area contributed by atoms with Crippen molar-refractivity contribution in [1.29, 1.82) is 5.26 Å². The third-order valence-corrected chi connectivity index (χ3v) is 12.5. The number of hydrogen-bond donors (Lipinski definition) is 2. The summed E-state index contributed by atoms with van der Waals surface area (Å²) >= 11 is 6.38. The van der Waals surface area contributed by atoms with Crippen molar-refractivity contribution in [2.45, 2.75) is 74.7 Å². The number of anilines is 1. The molecule has 3 heterocycles. The molecular formula is C34H39ClFN3O6S. The maximum absolute atomic E-state index is 16.0. The first-order valence-corrected chi connectivity index (χ1v) is 17.7. The van der Waals surface area contributed by atoms with Gasteiger partial charge in [0.15, 0.2) is 5.60 Å². The van der Waals surface area contributed by atoms with Gasteiger partial charge < -0.3 is 19.5 Å². The zero-order valence-corrected chi connectivity index (χ0v) is 27.5. The van der Waals surface area contributed by atoms with Gasteiger partial charge in [0.1, 0.15) is 11.6 Å². The lowest BCUT2D eigenvalue weighted by atomic mass is 9.70. The average molecular weight is 672 g/mol. The smallest absolute Gasteiger partial charge is 0.264 e. The number of benzene rings is 2. The van der Waals surface area contributed by atoms with E-state index in [4.69, 9.17) is 21.1 Å². The molecule has 0 unspecified atom stereocenters. The molecule has 2 bridgehead atoms. The van der Waals surface area contributed by atoms with Crippen molar-refractivity contribution < 1.29 is 32.2 Å². The van der Waals surface area contributed by atoms with Crippen LogP contribution in [0.15, 0.2) is 48.3 Å². The fourth-order valence-corrected chi connectivity index (χ4v) is 9.05. The molecule has 1 amide bonds. The first kappa shape index (κ1) is 32.8. The van der Waals surface area contributed by atoms with E-state index in [9.17, 15) is 23.6 Å². The molecule has 0 saturated carbocycles. The van der Waals surface area contributed by atoms with Crippen LogP contribution >= 0.6 is 11.6 Å². The third-order valence-electron chi connectivity index (χ3n) is 10.4. The highest BCUT2D eigenvalue weighted by Gasteiger charge is 2.50. The van der Waals surface area contributed by atoms with E-state index < -0.39 is 56.5 Å². The van der Waals surface area contributed by atoms with Crippen molar-refractivity contribution >= 4 is 33.2 Å². The molecule has 6 rings (SSSR count). The Morgan fingerprint density at radius 1 is 1.24 bits per heavy atom. The van der Waals surface area contributed by atoms with E-state index in [1.54, 1.807) is 25.1 Å². The highest BCUT2D eigenvalue weighted by molar-refractivity contribution is 7.90. The third kappa shape index (κ3) is 5.89. The number of carbonyl (C=O) groups excluding carboxylic acids is 1. The maximum atomic E-state index is 16.0. The predicted octanol–water partition coefficient (Wildman–Crippen LogP) is 5.20. The largest absolute Gasteiger partial charge is 0.490 e. The van der Waals surface area contributed by atoms with Crippen molar-refractivity contribution in [3.05, 3.63) is 70.0 Å². The molecule has 1 saturated heterocycles. The number of halogens is 2. The molecule has 12 heteroatoms. The molecule has 3 aliphatic heterocycles. The number of nitrogens with one attached hydrogen (secondary N) is 1. The van der Waals surface area contributed by atoms with Crippen LogP contribution in [0.2, 0.25) is 5.02 Å². The molecule has 1 fully saturated rings. The van der Waals surface area contributed by atoms with Crippen LogP contribution in [0.5, 0.6) is 5.75 Å². The zero-order valence-electron chi connectivity index (χ0n) is 26.0. The topological polar surface area (TPSA) is 129 Å². The van der Waals surface area contributed by atoms with Crippen LogP contribution in [0, 0.1) is 23.2 Å². The normalized spacial score (nSPS) is 33.8. The number of nitriles is 1. The predicted molar refractivity (Wildman–Crippen MR) is 172 cm³/mol. The lowest BCUT2D eigenvalue weighted by Crippen LogP contribution is -2.51. The minimum absolute atomic E-state index is 0.0402. The van der Waals surface area contributed by atoms with Crippen LogP contribution in [0.1, 0.15) is 67.4 Å². The number of sulfonamides is 1. The van der Waals surface area contributed by atoms with Gasteiger partial charge in [-0.2, -0.15) is 5.26 Å². The van der Waals surface area contributed by atoms with Gasteiger partial charge >= 0.3 is 0 Å². The SMILES string of the molecule is C[C@@H]1[C@@H](C)C/C=C(\F)[C@@](O)(CC#N)[C@@H]2OCC[C@H]2CN2C[C@@]3(CCCc4cc(Cl)ccc43)COc3ccc(cc32)C(=O)NS1(=O)=O. The van der Waals surface area contributed by atoms with Crippen LogP contribution in [0.25, 0.3) is 0 Å². The number of aliphatic hydroxyl groups is 1. The van der Waals surface area contributed by atoms with Gasteiger partial charge in [-0.1, -0.05) is 24.6 Å². The number of hydrogen-bond acceptors (Lipinski definition) is 8. The van der Waals surface area contributed by atoms with Gasteiger partial charge in [0.2, 0.25) is 10.0 Å². The van der Waals surface area contributed by atoms with Gasteiger partial charge in [-0.25, -0.2) is 17.5 Å². The summed E-state index contributed by atoms with van der Waals surface area (Å²) in [6.07, 6.45) is 2.69. The molecular weight excluding hydrogens is 633 g/mol. The van der Waals surface area contributed by atoms with E-state index in [2.05, 4.69) is 9.62 Å². The van der Waals surface area contributed by atoms with Gasteiger partial charge in [0.25, 0.3) is 5.91 Å². The van der Waals surface area contributed by atoms with E-state index in [0.29, 0.717) is 42.6 Å². The van der Waals surface area contributed by atoms with Crippen LogP contribution in [-0.4, -0.2) is 62.7 Å². The molecule has 2 N–H and O–H groups in total. The molecule has 1 spiro atoms. The summed E-state index contributed by atoms with van der Waals surface area (Å²) < 4.78 is 57.3. The van der Waals surface area contributed by atoms with Crippen molar-refractivity contribution in [3.63, 3.8) is 0 Å². The summed E-state index contributed by atoms with van der Waals surface area (Å²) in [4.78, 5) is 15.5. The lowest BCUT2D eigenvalue weighted by molar-refractivity contribution is -0.0833. The van der Waals surface area contributed by atoms with E-state index in [-0.39, 0.29) is 24.5 Å². The van der Waals surface area contributed by atoms with Crippen molar-refractivity contribution in [3.8, 4) is 11.8 Å². The number of nitrogens with zero attached hydrogens (tertiary/aromatic N) is 2. The Morgan fingerprint density at radius 3 is 2.83 bits per heavy atom. The highest BCUT2D eigenvalue weighted by atomic mass is 35.5. The Morgan fingerprint density at radius 2 is 2.04 bits per heavy atom. The lowest BCUT2D eigenvalue weighted by Gasteiger charge is -2.42. The van der Waals surface area contributed by atoms with Gasteiger partial charge in [-0.15, -0.1) is 0 Å². The molecule has 4 aliphatic rings. The Hall–Kier alpha value is -3.17. The molecule has 246 valence electrons. The van der Waals surface area contributed by atoms with Crippen molar-refractivity contribution in [2.75, 3.05) is 31.2 Å². The average Bonchev–Trinajstić information content (AvgIpc) is 3.44. The standard InChI is InChI=1S/C34H39ClFN3O6S/c1-21-5-10-30(36)34(41,13-14-37)31-25(11-15-44-31)18-39-19-33(12-3-4-23-16-26(35)7-8-27(23)33)20-45-29-9-6-24(17-28(29)39)32(40)38-46(42,43)22(21)2/h6-10,16-17,21-22,25,31,41H,3-5,11-13,15,18-20H2,1-2H3,(H,38,40)/b30-10-/t21-,22+,25-,31+,33-,34-/m0/s1. The van der Waals surface area contributed by atoms with Crippen LogP contribution in [0.3, 0.4) is 0 Å². The molecule has 1 aliphatic carbocycles. The Balaban J connectivity index is 1.49. The van der Waals surface area contributed by atoms with Crippen molar-refractivity contribution in [1.82, 2.24) is 4.72 Å². The molecule has 46 heavy (non-hydrogen) atoms. The van der Waals surface area contributed by atoms with Crippen LogP contribution in [-0.2, 0) is 26.6 Å². The summed E-state index contributed by atoms with van der Waals surface area (Å²) in [5.41, 5.74) is 0.349. The van der Waals surface area contributed by atoms with Gasteiger partial charge in [0, 0.05) is 41.6 Å². The number of carbonyl (C=O) groups is 1. The first-order chi connectivity index (χ1) is 21.9. The monoisotopic (exact) mass is 671 g/mol. The Kier molecular flexibility index (Phi) is 8.87. The number of allylic oxidation sites excluding steroid dienone is 1. The Labute approximate surface area is 274 Å². The second kappa shape index (κ2) is 12.5. The molecule has 2 aromatic carbocycles. The minimum Gasteiger partial charge on any atom is -0.490 e. The van der Waals surface area contributed by atoms with Gasteiger partial charge in [-0.05, 0) is 92.5 Å². The number of fused-ring (bicyclic) bond motifs is 4. The van der Waals surface area contributed by atoms with Crippen LogP contribution < -0.4 is 14.4 Å². The fourth-order valence-electron chi connectivity index (χ4n) is 7.57. The summed E-state index contributed by atoms with van der Waals surface area (Å²) in [7, 11) is -4.15. The summed E-state index contributed by atoms with van der Waals surface area (Å²) in [5, 5.41) is 21.1. The van der Waals surface area contributed by atoms with Crippen LogP contribution in [0.4, 0.5) is 10.1 Å². The maximum Gasteiger partial charge on any atom is 0.264 e. The summed E-state index contributed by atoms with van der Waals surface area (Å²) in [6, 6.07) is 12.7. The second-order valence-electron chi connectivity index (χ2n) is 13.3. The number of ether oxygens (including phenoxy) is 2. The number of rotatable bonds is 1.